The van der Waals surface area contributed by atoms with Gasteiger partial charge in [-0.15, -0.1) is 0 Å². The maximum absolute atomic E-state index is 14.4. The summed E-state index contributed by atoms with van der Waals surface area (Å²) in [5.41, 5.74) is -0.113. The number of hydrogen-bond acceptors (Lipinski definition) is 6. The predicted octanol–water partition coefficient (Wildman–Crippen LogP) is 4.00. The van der Waals surface area contributed by atoms with Crippen molar-refractivity contribution in [2.45, 2.75) is 19.4 Å². The molecule has 0 saturated carbocycles. The Morgan fingerprint density at radius 2 is 1.77 bits per heavy atom. The Morgan fingerprint density at radius 3 is 2.50 bits per heavy atom. The standard InChI is InChI=1S/C22H21FO6S/c1-22(2,18-9-5-7-15-6-3-4-8-17(15)18)29-20-14-16(10-11-19(20)23)21(24)28-12-13-30(25,26)27/h3-11,14H,12-13H2,1-2H3,(H,25,26,27)/p-1. The zero-order valence-corrected chi connectivity index (χ0v) is 17.2. The van der Waals surface area contributed by atoms with Gasteiger partial charge in [-0.05, 0) is 42.8 Å². The van der Waals surface area contributed by atoms with Crippen molar-refractivity contribution in [2.24, 2.45) is 0 Å². The smallest absolute Gasteiger partial charge is 0.338 e. The lowest BCUT2D eigenvalue weighted by Gasteiger charge is -2.28. The second-order valence-electron chi connectivity index (χ2n) is 7.18. The van der Waals surface area contributed by atoms with E-state index in [1.54, 1.807) is 13.8 Å². The van der Waals surface area contributed by atoms with Gasteiger partial charge in [-0.25, -0.2) is 17.6 Å². The lowest BCUT2D eigenvalue weighted by Crippen LogP contribution is -2.26. The molecule has 158 valence electrons. The van der Waals surface area contributed by atoms with Crippen LogP contribution in [0.5, 0.6) is 5.75 Å². The van der Waals surface area contributed by atoms with Gasteiger partial charge in [0.2, 0.25) is 0 Å². The van der Waals surface area contributed by atoms with Crippen LogP contribution in [0.3, 0.4) is 0 Å². The molecular weight excluding hydrogens is 411 g/mol. The molecule has 0 unspecified atom stereocenters. The Morgan fingerprint density at radius 1 is 1.07 bits per heavy atom. The Kier molecular flexibility index (Phi) is 6.09. The summed E-state index contributed by atoms with van der Waals surface area (Å²) in [6, 6.07) is 16.9. The summed E-state index contributed by atoms with van der Waals surface area (Å²) >= 11 is 0. The molecule has 6 nitrogen and oxygen atoms in total. The number of halogens is 1. The van der Waals surface area contributed by atoms with Crippen molar-refractivity contribution in [1.82, 2.24) is 0 Å². The van der Waals surface area contributed by atoms with Crippen molar-refractivity contribution in [1.29, 1.82) is 0 Å². The van der Waals surface area contributed by atoms with Crippen molar-refractivity contribution in [3.8, 4) is 5.75 Å². The van der Waals surface area contributed by atoms with Gasteiger partial charge in [0.15, 0.2) is 11.6 Å². The van der Waals surface area contributed by atoms with Crippen LogP contribution in [-0.4, -0.2) is 31.3 Å². The Labute approximate surface area is 174 Å². The molecule has 0 radical (unpaired) electrons. The summed E-state index contributed by atoms with van der Waals surface area (Å²) < 4.78 is 57.0. The third-order valence-corrected chi connectivity index (χ3v) is 5.20. The second kappa shape index (κ2) is 8.41. The van der Waals surface area contributed by atoms with E-state index in [0.717, 1.165) is 22.4 Å². The fourth-order valence-electron chi connectivity index (χ4n) is 3.11. The normalized spacial score (nSPS) is 12.0. The number of benzene rings is 3. The minimum absolute atomic E-state index is 0.0246. The third kappa shape index (κ3) is 5.14. The zero-order valence-electron chi connectivity index (χ0n) is 16.4. The minimum atomic E-state index is -4.50. The summed E-state index contributed by atoms with van der Waals surface area (Å²) in [5.74, 6) is -2.54. The number of carbonyl (C=O) groups is 1. The first-order valence-electron chi connectivity index (χ1n) is 9.14. The van der Waals surface area contributed by atoms with E-state index in [2.05, 4.69) is 0 Å². The van der Waals surface area contributed by atoms with E-state index in [9.17, 15) is 22.2 Å². The molecule has 0 aliphatic heterocycles. The minimum Gasteiger partial charge on any atom is -0.748 e. The van der Waals surface area contributed by atoms with Crippen molar-refractivity contribution in [2.75, 3.05) is 12.4 Å². The van der Waals surface area contributed by atoms with Gasteiger partial charge in [0.25, 0.3) is 0 Å². The lowest BCUT2D eigenvalue weighted by atomic mass is 9.92. The molecule has 0 N–H and O–H groups in total. The molecule has 0 spiro atoms. The number of rotatable bonds is 7. The van der Waals surface area contributed by atoms with Crippen LogP contribution in [-0.2, 0) is 20.5 Å². The Balaban J connectivity index is 1.85. The van der Waals surface area contributed by atoms with Crippen molar-refractivity contribution in [3.63, 3.8) is 0 Å². The van der Waals surface area contributed by atoms with Crippen molar-refractivity contribution < 1.29 is 31.6 Å². The van der Waals surface area contributed by atoms with Crippen molar-refractivity contribution >= 4 is 26.9 Å². The summed E-state index contributed by atoms with van der Waals surface area (Å²) in [4.78, 5) is 12.1. The van der Waals surface area contributed by atoms with Gasteiger partial charge in [-0.1, -0.05) is 42.5 Å². The van der Waals surface area contributed by atoms with Crippen LogP contribution < -0.4 is 4.74 Å². The molecule has 3 aromatic carbocycles. The van der Waals surface area contributed by atoms with Crippen LogP contribution in [0.2, 0.25) is 0 Å². The highest BCUT2D eigenvalue weighted by Gasteiger charge is 2.26. The molecule has 3 aromatic rings. The molecule has 0 fully saturated rings. The Bertz CT molecular complexity index is 1180. The molecular formula is C22H20FO6S-. The van der Waals surface area contributed by atoms with E-state index in [0.29, 0.717) is 0 Å². The summed E-state index contributed by atoms with van der Waals surface area (Å²) in [7, 11) is -4.50. The van der Waals surface area contributed by atoms with Crippen LogP contribution in [0.15, 0.2) is 60.7 Å². The highest BCUT2D eigenvalue weighted by molar-refractivity contribution is 7.85. The van der Waals surface area contributed by atoms with Gasteiger partial charge in [0.05, 0.1) is 21.4 Å². The maximum Gasteiger partial charge on any atom is 0.338 e. The predicted molar refractivity (Wildman–Crippen MR) is 109 cm³/mol. The number of fused-ring (bicyclic) bond motifs is 1. The highest BCUT2D eigenvalue weighted by Crippen LogP contribution is 2.34. The van der Waals surface area contributed by atoms with Crippen LogP contribution in [0.25, 0.3) is 10.8 Å². The first kappa shape index (κ1) is 21.7. The van der Waals surface area contributed by atoms with Gasteiger partial charge >= 0.3 is 5.97 Å². The number of esters is 1. The molecule has 0 aromatic heterocycles. The van der Waals surface area contributed by atoms with E-state index in [-0.39, 0.29) is 11.3 Å². The maximum atomic E-state index is 14.4. The van der Waals surface area contributed by atoms with E-state index in [4.69, 9.17) is 9.47 Å². The average molecular weight is 431 g/mol. The van der Waals surface area contributed by atoms with Gasteiger partial charge < -0.3 is 14.0 Å². The largest absolute Gasteiger partial charge is 0.748 e. The molecule has 0 saturated heterocycles. The van der Waals surface area contributed by atoms with E-state index in [1.807, 2.05) is 42.5 Å². The van der Waals surface area contributed by atoms with Gasteiger partial charge in [-0.2, -0.15) is 0 Å². The van der Waals surface area contributed by atoms with Gasteiger partial charge in [-0.3, -0.25) is 0 Å². The van der Waals surface area contributed by atoms with Crippen LogP contribution >= 0.6 is 0 Å². The first-order chi connectivity index (χ1) is 14.1. The summed E-state index contributed by atoms with van der Waals surface area (Å²) in [5, 5.41) is 1.97. The highest BCUT2D eigenvalue weighted by atomic mass is 32.2. The van der Waals surface area contributed by atoms with Crippen LogP contribution in [0.4, 0.5) is 4.39 Å². The third-order valence-electron chi connectivity index (χ3n) is 4.54. The number of hydrogen-bond donors (Lipinski definition) is 0. The average Bonchev–Trinajstić information content (AvgIpc) is 2.68. The summed E-state index contributed by atoms with van der Waals surface area (Å²) in [6.45, 7) is 3.00. The molecule has 0 aliphatic rings. The molecule has 0 heterocycles. The fourth-order valence-corrected chi connectivity index (χ4v) is 3.40. The topological polar surface area (TPSA) is 92.7 Å². The Hall–Kier alpha value is -2.97. The van der Waals surface area contributed by atoms with E-state index in [1.165, 1.54) is 12.1 Å². The molecule has 3 rings (SSSR count). The van der Waals surface area contributed by atoms with E-state index < -0.39 is 39.9 Å². The number of ether oxygens (including phenoxy) is 2. The van der Waals surface area contributed by atoms with Gasteiger partial charge in [0.1, 0.15) is 12.2 Å². The quantitative estimate of drug-likeness (QED) is 0.415. The summed E-state index contributed by atoms with van der Waals surface area (Å²) in [6.07, 6.45) is 0. The lowest BCUT2D eigenvalue weighted by molar-refractivity contribution is 0.0525. The monoisotopic (exact) mass is 431 g/mol. The molecule has 0 aliphatic carbocycles. The SMILES string of the molecule is CC(C)(Oc1cc(C(=O)OCCS(=O)(=O)[O-])ccc1F)c1cccc2ccccc12. The van der Waals surface area contributed by atoms with E-state index >= 15 is 0 Å². The zero-order chi connectivity index (χ0) is 21.9. The number of carbonyl (C=O) groups excluding carboxylic acids is 1. The molecule has 0 atom stereocenters. The molecule has 0 amide bonds. The molecule has 8 heteroatoms. The fraction of sp³-hybridized carbons (Fsp3) is 0.227. The first-order valence-corrected chi connectivity index (χ1v) is 10.7. The van der Waals surface area contributed by atoms with Gasteiger partial charge in [0, 0.05) is 5.56 Å². The van der Waals surface area contributed by atoms with Crippen LogP contribution in [0.1, 0.15) is 29.8 Å². The van der Waals surface area contributed by atoms with Crippen molar-refractivity contribution in [3.05, 3.63) is 77.6 Å². The van der Waals surface area contributed by atoms with Crippen LogP contribution in [0, 0.1) is 5.82 Å². The second-order valence-corrected chi connectivity index (χ2v) is 8.71. The molecule has 0 bridgehead atoms. The molecule has 30 heavy (non-hydrogen) atoms.